The molecule has 4 N–H and O–H groups in total. The number of esters is 4. The van der Waals surface area contributed by atoms with Crippen molar-refractivity contribution in [1.29, 1.82) is 0 Å². The van der Waals surface area contributed by atoms with Gasteiger partial charge in [0, 0.05) is 32.1 Å². The molecule has 4 aliphatic carbocycles. The standard InChI is InChI=1S/C44H59NO15/c1-21-26(57-37(52)31(49)30(25-18-40(25,7)8)45-38(53)60-39(4,5)6)19-44(54)35(58-36(51)24-15-13-12-14-16-24)33-42(11,27(48)17-28-43(33,20-55-28)59-23(3)47)34(50)32(56-22(2)46)29(21)41(44,9)10/h12-16,25-28,30-33,35,48-49,54H,17-20H2,1-11H3,(H,45,53)/t25-,26+,27+,28-,30+,31-,32-,33+,35+,42-,43+,44-/m1/s1. The van der Waals surface area contributed by atoms with Gasteiger partial charge in [0.2, 0.25) is 0 Å². The van der Waals surface area contributed by atoms with Crippen molar-refractivity contribution in [3.05, 3.63) is 47.0 Å². The van der Waals surface area contributed by atoms with E-state index in [1.54, 1.807) is 52.8 Å². The summed E-state index contributed by atoms with van der Waals surface area (Å²) in [5.74, 6) is -6.51. The average molecular weight is 842 g/mol. The molecule has 1 heterocycles. The van der Waals surface area contributed by atoms with Crippen molar-refractivity contribution in [2.75, 3.05) is 6.61 Å². The molecular weight excluding hydrogens is 782 g/mol. The van der Waals surface area contributed by atoms with E-state index in [9.17, 15) is 39.3 Å². The SMILES string of the molecule is CC(=O)O[C@H]1C(=O)[C@@]2(C)[C@H]([C@H](OC(=O)c3ccccc3)[C@]3(O)C[C@H](OC(=O)[C@H](O)[C@@H](NC(=O)OC(C)(C)C)[C@H]4CC4(C)C)C(C)=C1C3(C)C)[C@]1(OC(C)=O)CO[C@@H]1C[C@@H]2O. The van der Waals surface area contributed by atoms with Crippen LogP contribution in [0, 0.1) is 28.1 Å². The van der Waals surface area contributed by atoms with Crippen molar-refractivity contribution in [3.8, 4) is 0 Å². The van der Waals surface area contributed by atoms with Crippen LogP contribution < -0.4 is 5.32 Å². The van der Waals surface area contributed by atoms with Gasteiger partial charge < -0.3 is 49.1 Å². The predicted octanol–water partition coefficient (Wildman–Crippen LogP) is 3.50. The number of benzene rings is 1. The van der Waals surface area contributed by atoms with Crippen molar-refractivity contribution in [3.63, 3.8) is 0 Å². The molecule has 3 saturated carbocycles. The second-order valence-electron chi connectivity index (χ2n) is 19.6. The van der Waals surface area contributed by atoms with E-state index in [-0.39, 0.29) is 41.1 Å². The summed E-state index contributed by atoms with van der Waals surface area (Å²) in [6, 6.07) is 6.71. The zero-order valence-electron chi connectivity index (χ0n) is 36.2. The summed E-state index contributed by atoms with van der Waals surface area (Å²) in [4.78, 5) is 82.7. The summed E-state index contributed by atoms with van der Waals surface area (Å²) in [6.07, 6.45) is -10.6. The first kappa shape index (κ1) is 45.2. The van der Waals surface area contributed by atoms with Crippen LogP contribution in [-0.4, -0.2) is 117 Å². The Balaban J connectivity index is 1.53. The van der Waals surface area contributed by atoms with Gasteiger partial charge in [-0.2, -0.15) is 0 Å². The van der Waals surface area contributed by atoms with E-state index in [0.29, 0.717) is 6.42 Å². The van der Waals surface area contributed by atoms with Crippen LogP contribution in [0.4, 0.5) is 4.79 Å². The lowest BCUT2D eigenvalue weighted by atomic mass is 9.44. The highest BCUT2D eigenvalue weighted by atomic mass is 16.6. The topological polar surface area (TPSA) is 231 Å². The molecule has 6 rings (SSSR count). The minimum atomic E-state index is -2.37. The van der Waals surface area contributed by atoms with Crippen LogP contribution in [0.2, 0.25) is 0 Å². The molecule has 4 fully saturated rings. The number of hydrogen-bond acceptors (Lipinski definition) is 15. The van der Waals surface area contributed by atoms with E-state index < -0.39 is 118 Å². The van der Waals surface area contributed by atoms with Gasteiger partial charge in [-0.3, -0.25) is 14.4 Å². The largest absolute Gasteiger partial charge is 0.456 e. The smallest absolute Gasteiger partial charge is 0.407 e. The Bertz CT molecular complexity index is 1970. The average Bonchev–Trinajstić information content (AvgIpc) is 3.77. The van der Waals surface area contributed by atoms with E-state index in [2.05, 4.69) is 5.32 Å². The minimum absolute atomic E-state index is 0.0108. The van der Waals surface area contributed by atoms with Crippen LogP contribution in [0.15, 0.2) is 41.5 Å². The molecule has 0 spiro atoms. The van der Waals surface area contributed by atoms with Gasteiger partial charge >= 0.3 is 30.0 Å². The Hall–Kier alpha value is -4.38. The van der Waals surface area contributed by atoms with Gasteiger partial charge in [0.15, 0.2) is 23.6 Å². The quantitative estimate of drug-likeness (QED) is 0.158. The molecule has 16 heteroatoms. The highest BCUT2D eigenvalue weighted by Crippen LogP contribution is 2.64. The van der Waals surface area contributed by atoms with Gasteiger partial charge in [0.1, 0.15) is 29.5 Å². The third-order valence-corrected chi connectivity index (χ3v) is 13.7. The number of aliphatic hydroxyl groups excluding tert-OH is 2. The van der Waals surface area contributed by atoms with Gasteiger partial charge in [0.25, 0.3) is 0 Å². The molecule has 2 bridgehead atoms. The van der Waals surface area contributed by atoms with E-state index >= 15 is 4.79 Å². The Morgan fingerprint density at radius 2 is 1.55 bits per heavy atom. The zero-order chi connectivity index (χ0) is 44.7. The third kappa shape index (κ3) is 7.51. The van der Waals surface area contributed by atoms with Crippen molar-refractivity contribution >= 4 is 35.8 Å². The Labute approximate surface area is 349 Å². The lowest BCUT2D eigenvalue weighted by Crippen LogP contribution is -2.82. The molecular formula is C44H59NO15. The maximum Gasteiger partial charge on any atom is 0.407 e. The molecule has 1 saturated heterocycles. The first-order valence-corrected chi connectivity index (χ1v) is 20.4. The number of Topliss-reactive ketones (excluding diaryl/α,β-unsaturated/α-hetero) is 1. The van der Waals surface area contributed by atoms with Crippen molar-refractivity contribution in [1.82, 2.24) is 5.32 Å². The molecule has 1 aromatic carbocycles. The van der Waals surface area contributed by atoms with Crippen LogP contribution in [0.1, 0.15) is 106 Å². The second kappa shape index (κ2) is 15.2. The number of amides is 1. The molecule has 0 aromatic heterocycles. The minimum Gasteiger partial charge on any atom is -0.456 e. The van der Waals surface area contributed by atoms with Crippen LogP contribution in [0.25, 0.3) is 0 Å². The molecule has 330 valence electrons. The van der Waals surface area contributed by atoms with Gasteiger partial charge in [-0.05, 0) is 75.7 Å². The van der Waals surface area contributed by atoms with Crippen LogP contribution in [0.5, 0.6) is 0 Å². The first-order chi connectivity index (χ1) is 27.6. The Morgan fingerprint density at radius 3 is 2.07 bits per heavy atom. The molecule has 0 radical (unpaired) electrons. The first-order valence-electron chi connectivity index (χ1n) is 20.4. The molecule has 16 nitrogen and oxygen atoms in total. The molecule has 12 atom stereocenters. The summed E-state index contributed by atoms with van der Waals surface area (Å²) >= 11 is 0. The number of carbonyl (C=O) groups excluding carboxylic acids is 6. The molecule has 1 aromatic rings. The number of carbonyl (C=O) groups is 6. The highest BCUT2D eigenvalue weighted by Gasteiger charge is 2.78. The van der Waals surface area contributed by atoms with Gasteiger partial charge in [0.05, 0.1) is 35.6 Å². The van der Waals surface area contributed by atoms with Gasteiger partial charge in [-0.1, -0.05) is 45.9 Å². The summed E-state index contributed by atoms with van der Waals surface area (Å²) < 4.78 is 35.6. The summed E-state index contributed by atoms with van der Waals surface area (Å²) in [5, 5.41) is 40.0. The van der Waals surface area contributed by atoms with Crippen molar-refractivity contribution in [2.45, 2.75) is 155 Å². The van der Waals surface area contributed by atoms with E-state index in [4.69, 9.17) is 28.4 Å². The number of alkyl carbamates (subject to hydrolysis) is 1. The maximum atomic E-state index is 15.4. The lowest BCUT2D eigenvalue weighted by molar-refractivity contribution is -0.346. The van der Waals surface area contributed by atoms with E-state index in [1.165, 1.54) is 26.0 Å². The maximum absolute atomic E-state index is 15.4. The highest BCUT2D eigenvalue weighted by molar-refractivity contribution is 5.95. The molecule has 0 unspecified atom stereocenters. The van der Waals surface area contributed by atoms with Crippen LogP contribution in [-0.2, 0) is 47.6 Å². The summed E-state index contributed by atoms with van der Waals surface area (Å²) in [6.45, 7) is 16.8. The lowest BCUT2D eigenvalue weighted by Gasteiger charge is -2.67. The Morgan fingerprint density at radius 1 is 0.933 bits per heavy atom. The normalized spacial score (nSPS) is 36.0. The fraction of sp³-hybridized carbons (Fsp3) is 0.682. The second-order valence-corrected chi connectivity index (χ2v) is 19.6. The fourth-order valence-electron chi connectivity index (χ4n) is 10.3. The number of aliphatic hydroxyl groups is 3. The molecule has 1 amide bonds. The van der Waals surface area contributed by atoms with E-state index in [0.717, 1.165) is 13.8 Å². The monoisotopic (exact) mass is 841 g/mol. The predicted molar refractivity (Wildman–Crippen MR) is 210 cm³/mol. The summed E-state index contributed by atoms with van der Waals surface area (Å²) in [7, 11) is 0. The number of nitrogens with one attached hydrogen (secondary N) is 1. The zero-order valence-corrected chi connectivity index (χ0v) is 36.2. The van der Waals surface area contributed by atoms with Crippen LogP contribution in [0.3, 0.4) is 0 Å². The number of ketones is 1. The van der Waals surface area contributed by atoms with Crippen LogP contribution >= 0.6 is 0 Å². The van der Waals surface area contributed by atoms with E-state index in [1.807, 2.05) is 13.8 Å². The number of fused-ring (bicyclic) bond motifs is 5. The molecule has 1 aliphatic heterocycles. The fourth-order valence-corrected chi connectivity index (χ4v) is 10.3. The van der Waals surface area contributed by atoms with Gasteiger partial charge in [-0.15, -0.1) is 0 Å². The Kier molecular flexibility index (Phi) is 11.4. The molecule has 60 heavy (non-hydrogen) atoms. The van der Waals surface area contributed by atoms with Gasteiger partial charge in [-0.25, -0.2) is 14.4 Å². The number of hydrogen-bond donors (Lipinski definition) is 4. The van der Waals surface area contributed by atoms with Crippen molar-refractivity contribution < 1.29 is 72.5 Å². The van der Waals surface area contributed by atoms with Crippen molar-refractivity contribution in [2.24, 2.45) is 28.1 Å². The summed E-state index contributed by atoms with van der Waals surface area (Å²) in [5.41, 5.74) is -8.79. The number of rotatable bonds is 9. The third-order valence-electron chi connectivity index (χ3n) is 13.7. The number of ether oxygens (including phenoxy) is 6. The molecule has 5 aliphatic rings.